The maximum atomic E-state index is 5.64. The average molecular weight is 403 g/mol. The van der Waals surface area contributed by atoms with E-state index in [1.165, 1.54) is 26.7 Å². The van der Waals surface area contributed by atoms with Crippen molar-refractivity contribution in [2.24, 2.45) is 4.74 Å². The molecule has 0 aliphatic heterocycles. The van der Waals surface area contributed by atoms with Gasteiger partial charge in [-0.15, -0.1) is 0 Å². The molecule has 0 spiro atoms. The lowest BCUT2D eigenvalue weighted by Gasteiger charge is -2.27. The third-order valence-electron chi connectivity index (χ3n) is 5.41. The van der Waals surface area contributed by atoms with Crippen LogP contribution in [0, 0.1) is 0 Å². The van der Waals surface area contributed by atoms with Crippen LogP contribution in [-0.4, -0.2) is 0 Å². The minimum atomic E-state index is -2.25. The molecule has 0 saturated heterocycles. The van der Waals surface area contributed by atoms with E-state index in [9.17, 15) is 0 Å². The predicted octanol–water partition coefficient (Wildman–Crippen LogP) is 6.65. The Hall–Kier alpha value is -3.41. The zero-order chi connectivity index (χ0) is 20.2. The van der Waals surface area contributed by atoms with E-state index in [0.29, 0.717) is 0 Å². The van der Waals surface area contributed by atoms with Gasteiger partial charge in [0.1, 0.15) is 0 Å². The summed E-state index contributed by atoms with van der Waals surface area (Å²) < 4.78 is 5.64. The maximum Gasteiger partial charge on any atom is 0.0703 e. The van der Waals surface area contributed by atoms with Gasteiger partial charge in [-0.05, 0) is 11.5 Å². The first-order chi connectivity index (χ1) is 14.9. The molecule has 144 valence electrons. The Bertz CT molecular complexity index is 1220. The number of benzene rings is 5. The second-order valence-electron chi connectivity index (χ2n) is 7.24. The molecule has 1 nitrogen and oxygen atoms in total. The van der Waals surface area contributed by atoms with Crippen LogP contribution in [0.4, 0.5) is 5.69 Å². The standard InChI is InChI=1S/C28H22NP/c1-4-15-24(16-5-1)30(25-17-6-2-7-18-25,26-19-8-3-9-20-26)29-28-22-12-14-23-13-10-11-21-27(23)28/h1-22H. The largest absolute Gasteiger partial charge is 0.253 e. The fourth-order valence-corrected chi connectivity index (χ4v) is 7.56. The van der Waals surface area contributed by atoms with Crippen LogP contribution in [0.3, 0.4) is 0 Å². The van der Waals surface area contributed by atoms with Crippen LogP contribution in [0.25, 0.3) is 10.8 Å². The Morgan fingerprint density at radius 1 is 0.400 bits per heavy atom. The SMILES string of the molecule is c1ccc(P(=Nc2cccc3ccccc23)(c2ccccc2)c2ccccc2)cc1. The second-order valence-corrected chi connectivity index (χ2v) is 10.3. The summed E-state index contributed by atoms with van der Waals surface area (Å²) in [5.41, 5.74) is 1.04. The van der Waals surface area contributed by atoms with Gasteiger partial charge in [0.05, 0.1) is 12.7 Å². The molecule has 5 aromatic carbocycles. The molecule has 0 unspecified atom stereocenters. The summed E-state index contributed by atoms with van der Waals surface area (Å²) in [6.45, 7) is 0. The van der Waals surface area contributed by atoms with Gasteiger partial charge in [-0.2, -0.15) is 0 Å². The van der Waals surface area contributed by atoms with Gasteiger partial charge in [0.15, 0.2) is 0 Å². The van der Waals surface area contributed by atoms with E-state index >= 15 is 0 Å². The molecule has 5 aromatic rings. The average Bonchev–Trinajstić information content (AvgIpc) is 2.84. The summed E-state index contributed by atoms with van der Waals surface area (Å²) in [6, 6.07) is 47.2. The molecule has 0 amide bonds. The quantitative estimate of drug-likeness (QED) is 0.298. The molecule has 0 heterocycles. The van der Waals surface area contributed by atoms with Gasteiger partial charge in [-0.1, -0.05) is 127 Å². The number of hydrogen-bond acceptors (Lipinski definition) is 1. The highest BCUT2D eigenvalue weighted by Crippen LogP contribution is 2.50. The minimum Gasteiger partial charge on any atom is -0.253 e. The molecule has 0 bridgehead atoms. The van der Waals surface area contributed by atoms with Crippen molar-refractivity contribution in [1.29, 1.82) is 0 Å². The molecule has 0 atom stereocenters. The molecule has 0 N–H and O–H groups in total. The molecule has 2 heteroatoms. The fraction of sp³-hybridized carbons (Fsp3) is 0. The first kappa shape index (κ1) is 18.6. The van der Waals surface area contributed by atoms with Crippen molar-refractivity contribution < 1.29 is 0 Å². The summed E-state index contributed by atoms with van der Waals surface area (Å²) in [6.07, 6.45) is 0. The van der Waals surface area contributed by atoms with Gasteiger partial charge in [0.2, 0.25) is 0 Å². The Morgan fingerprint density at radius 3 is 1.37 bits per heavy atom. The highest BCUT2D eigenvalue weighted by molar-refractivity contribution is 7.87. The zero-order valence-corrected chi connectivity index (χ0v) is 17.5. The highest BCUT2D eigenvalue weighted by atomic mass is 31.2. The zero-order valence-electron chi connectivity index (χ0n) is 16.6. The van der Waals surface area contributed by atoms with Crippen LogP contribution in [0.15, 0.2) is 138 Å². The summed E-state index contributed by atoms with van der Waals surface area (Å²) in [4.78, 5) is 0. The van der Waals surface area contributed by atoms with Crippen LogP contribution in [-0.2, 0) is 0 Å². The highest BCUT2D eigenvalue weighted by Gasteiger charge is 2.27. The van der Waals surface area contributed by atoms with E-state index in [1.54, 1.807) is 0 Å². The lowest BCUT2D eigenvalue weighted by molar-refractivity contribution is 1.59. The van der Waals surface area contributed by atoms with Gasteiger partial charge in [0.25, 0.3) is 0 Å². The van der Waals surface area contributed by atoms with E-state index in [-0.39, 0.29) is 0 Å². The second kappa shape index (κ2) is 8.14. The molecular formula is C28H22NP. The first-order valence-electron chi connectivity index (χ1n) is 10.1. The Kier molecular flexibility index (Phi) is 5.05. The van der Waals surface area contributed by atoms with E-state index in [2.05, 4.69) is 133 Å². The van der Waals surface area contributed by atoms with E-state index in [0.717, 1.165) is 5.69 Å². The summed E-state index contributed by atoms with van der Waals surface area (Å²) in [7, 11) is -2.25. The van der Waals surface area contributed by atoms with E-state index < -0.39 is 7.05 Å². The van der Waals surface area contributed by atoms with Crippen molar-refractivity contribution >= 4 is 39.4 Å². The smallest absolute Gasteiger partial charge is 0.0703 e. The molecule has 0 aromatic heterocycles. The molecule has 0 aliphatic carbocycles. The monoisotopic (exact) mass is 403 g/mol. The molecule has 0 radical (unpaired) electrons. The number of hydrogen-bond donors (Lipinski definition) is 0. The third kappa shape index (κ3) is 3.28. The fourth-order valence-electron chi connectivity index (χ4n) is 4.01. The van der Waals surface area contributed by atoms with Gasteiger partial charge < -0.3 is 0 Å². The van der Waals surface area contributed by atoms with Crippen molar-refractivity contribution in [2.45, 2.75) is 0 Å². The number of fused-ring (bicyclic) bond motifs is 1. The van der Waals surface area contributed by atoms with Crippen molar-refractivity contribution in [3.63, 3.8) is 0 Å². The van der Waals surface area contributed by atoms with E-state index in [4.69, 9.17) is 4.74 Å². The van der Waals surface area contributed by atoms with Crippen LogP contribution in [0.2, 0.25) is 0 Å². The number of rotatable bonds is 4. The lowest BCUT2D eigenvalue weighted by atomic mass is 10.1. The normalized spacial score (nSPS) is 11.3. The van der Waals surface area contributed by atoms with Crippen LogP contribution >= 0.6 is 7.05 Å². The Labute approximate surface area is 177 Å². The molecule has 0 fully saturated rings. The van der Waals surface area contributed by atoms with Crippen LogP contribution in [0.5, 0.6) is 0 Å². The Balaban J connectivity index is 1.95. The van der Waals surface area contributed by atoms with Crippen LogP contribution < -0.4 is 15.9 Å². The Morgan fingerprint density at radius 2 is 0.833 bits per heavy atom. The minimum absolute atomic E-state index is 1.04. The molecule has 0 saturated carbocycles. The molecule has 5 rings (SSSR count). The first-order valence-corrected chi connectivity index (χ1v) is 11.9. The summed E-state index contributed by atoms with van der Waals surface area (Å²) >= 11 is 0. The molecular weight excluding hydrogens is 381 g/mol. The predicted molar refractivity (Wildman–Crippen MR) is 131 cm³/mol. The van der Waals surface area contributed by atoms with Gasteiger partial charge >= 0.3 is 0 Å². The van der Waals surface area contributed by atoms with Gasteiger partial charge in [0, 0.05) is 21.3 Å². The molecule has 30 heavy (non-hydrogen) atoms. The van der Waals surface area contributed by atoms with Crippen molar-refractivity contribution in [3.8, 4) is 0 Å². The third-order valence-corrected chi connectivity index (χ3v) is 9.07. The van der Waals surface area contributed by atoms with Crippen molar-refractivity contribution in [1.82, 2.24) is 0 Å². The van der Waals surface area contributed by atoms with Gasteiger partial charge in [-0.25, -0.2) is 0 Å². The summed E-state index contributed by atoms with van der Waals surface area (Å²) in [5, 5.41) is 6.18. The van der Waals surface area contributed by atoms with Crippen molar-refractivity contribution in [3.05, 3.63) is 133 Å². The lowest BCUT2D eigenvalue weighted by Crippen LogP contribution is -2.25. The van der Waals surface area contributed by atoms with E-state index in [1.807, 2.05) is 0 Å². The summed E-state index contributed by atoms with van der Waals surface area (Å²) in [5.74, 6) is 0. The van der Waals surface area contributed by atoms with Gasteiger partial charge in [-0.3, -0.25) is 4.74 Å². The van der Waals surface area contributed by atoms with Crippen molar-refractivity contribution in [2.75, 3.05) is 0 Å². The van der Waals surface area contributed by atoms with Crippen LogP contribution in [0.1, 0.15) is 0 Å². The maximum absolute atomic E-state index is 5.64. The topological polar surface area (TPSA) is 12.4 Å². The molecule has 0 aliphatic rings. The number of nitrogens with zero attached hydrogens (tertiary/aromatic N) is 1.